The lowest BCUT2D eigenvalue weighted by atomic mass is 10.0. The van der Waals surface area contributed by atoms with Crippen molar-refractivity contribution >= 4 is 17.7 Å². The Bertz CT molecular complexity index is 489. The molecule has 2 aliphatic heterocycles. The minimum atomic E-state index is -0.139. The zero-order chi connectivity index (χ0) is 13.6. The van der Waals surface area contributed by atoms with Crippen LogP contribution in [0.5, 0.6) is 0 Å². The predicted octanol–water partition coefficient (Wildman–Crippen LogP) is 1.16. The molecule has 2 saturated heterocycles. The second kappa shape index (κ2) is 4.72. The highest BCUT2D eigenvalue weighted by atomic mass is 32.2. The second-order valence-electron chi connectivity index (χ2n) is 6.39. The number of carbonyl (C=O) groups is 1. The van der Waals surface area contributed by atoms with Crippen LogP contribution in [0.15, 0.2) is 0 Å². The second-order valence-corrected chi connectivity index (χ2v) is 7.99. The lowest BCUT2D eigenvalue weighted by Gasteiger charge is -2.28. The first-order valence-electron chi connectivity index (χ1n) is 7.42. The van der Waals surface area contributed by atoms with Gasteiger partial charge in [-0.25, -0.2) is 0 Å². The topological polar surface area (TPSA) is 83.6 Å². The molecule has 0 spiro atoms. The molecule has 3 fully saturated rings. The summed E-state index contributed by atoms with van der Waals surface area (Å²) in [7, 11) is 0. The average Bonchev–Trinajstić information content (AvgIpc) is 2.88. The van der Waals surface area contributed by atoms with Gasteiger partial charge in [0.15, 0.2) is 5.82 Å². The molecule has 3 heterocycles. The van der Waals surface area contributed by atoms with Gasteiger partial charge >= 0.3 is 0 Å². The normalized spacial score (nSPS) is 33.9. The Balaban J connectivity index is 1.35. The Labute approximate surface area is 121 Å². The number of H-pyrrole nitrogens is 1. The number of aromatic amines is 1. The molecule has 1 aromatic rings. The molecular formula is C13H19N5OS. The summed E-state index contributed by atoms with van der Waals surface area (Å²) in [5.74, 6) is 0.857. The first-order valence-corrected chi connectivity index (χ1v) is 8.37. The van der Waals surface area contributed by atoms with E-state index in [-0.39, 0.29) is 11.3 Å². The summed E-state index contributed by atoms with van der Waals surface area (Å²) in [6.07, 6.45) is 7.43. The summed E-state index contributed by atoms with van der Waals surface area (Å²) in [4.78, 5) is 12.3. The average molecular weight is 293 g/mol. The number of hydrogen-bond donors (Lipinski definition) is 2. The lowest BCUT2D eigenvalue weighted by molar-refractivity contribution is -0.122. The van der Waals surface area contributed by atoms with Crippen molar-refractivity contribution in [2.75, 3.05) is 0 Å². The SMILES string of the molecule is O=C(CC1(c2nn[nH]n2)CC1)NC1CC2CCC(C1)S2. The van der Waals surface area contributed by atoms with Crippen molar-refractivity contribution in [3.8, 4) is 0 Å². The fraction of sp³-hybridized carbons (Fsp3) is 0.846. The van der Waals surface area contributed by atoms with Crippen molar-refractivity contribution in [1.29, 1.82) is 0 Å². The van der Waals surface area contributed by atoms with Gasteiger partial charge in [-0.15, -0.1) is 10.2 Å². The van der Waals surface area contributed by atoms with Crippen LogP contribution in [0.1, 0.15) is 50.8 Å². The highest BCUT2D eigenvalue weighted by molar-refractivity contribution is 8.00. The van der Waals surface area contributed by atoms with E-state index in [0.717, 1.165) is 36.2 Å². The van der Waals surface area contributed by atoms with E-state index in [4.69, 9.17) is 0 Å². The van der Waals surface area contributed by atoms with E-state index in [1.54, 1.807) is 0 Å². The van der Waals surface area contributed by atoms with Gasteiger partial charge in [0.05, 0.1) is 0 Å². The van der Waals surface area contributed by atoms with Crippen LogP contribution in [-0.2, 0) is 10.2 Å². The van der Waals surface area contributed by atoms with Crippen molar-refractivity contribution < 1.29 is 4.79 Å². The van der Waals surface area contributed by atoms with Gasteiger partial charge in [-0.05, 0) is 38.5 Å². The minimum Gasteiger partial charge on any atom is -0.353 e. The van der Waals surface area contributed by atoms with E-state index >= 15 is 0 Å². The lowest BCUT2D eigenvalue weighted by Crippen LogP contribution is -2.40. The minimum absolute atomic E-state index is 0.139. The van der Waals surface area contributed by atoms with Crippen molar-refractivity contribution in [3.05, 3.63) is 5.82 Å². The fourth-order valence-electron chi connectivity index (χ4n) is 3.58. The molecule has 0 aromatic carbocycles. The van der Waals surface area contributed by atoms with E-state index in [1.165, 1.54) is 12.8 Å². The van der Waals surface area contributed by atoms with Crippen LogP contribution in [-0.4, -0.2) is 43.1 Å². The van der Waals surface area contributed by atoms with E-state index in [1.807, 2.05) is 0 Å². The number of hydrogen-bond acceptors (Lipinski definition) is 5. The van der Waals surface area contributed by atoms with Crippen LogP contribution < -0.4 is 5.32 Å². The van der Waals surface area contributed by atoms with Crippen molar-refractivity contribution in [1.82, 2.24) is 25.9 Å². The number of thioether (sulfide) groups is 1. The molecule has 2 atom stereocenters. The monoisotopic (exact) mass is 293 g/mol. The van der Waals surface area contributed by atoms with Crippen LogP contribution in [0.2, 0.25) is 0 Å². The molecule has 1 aliphatic carbocycles. The summed E-state index contributed by atoms with van der Waals surface area (Å²) in [6.45, 7) is 0. The highest BCUT2D eigenvalue weighted by Crippen LogP contribution is 2.49. The summed E-state index contributed by atoms with van der Waals surface area (Å²) in [5.41, 5.74) is -0.139. The predicted molar refractivity (Wildman–Crippen MR) is 75.3 cm³/mol. The van der Waals surface area contributed by atoms with Gasteiger partial charge in [0.1, 0.15) is 0 Å². The zero-order valence-corrected chi connectivity index (χ0v) is 12.2. The van der Waals surface area contributed by atoms with Gasteiger partial charge in [0.25, 0.3) is 0 Å². The number of nitrogens with one attached hydrogen (secondary N) is 2. The van der Waals surface area contributed by atoms with Gasteiger partial charge in [-0.2, -0.15) is 17.0 Å². The molecule has 1 amide bonds. The maximum absolute atomic E-state index is 12.3. The Morgan fingerprint density at radius 2 is 2.10 bits per heavy atom. The first kappa shape index (κ1) is 12.6. The molecule has 0 radical (unpaired) electrons. The van der Waals surface area contributed by atoms with Crippen molar-refractivity contribution in [2.24, 2.45) is 0 Å². The number of carbonyl (C=O) groups excluding carboxylic acids is 1. The molecule has 1 saturated carbocycles. The van der Waals surface area contributed by atoms with Gasteiger partial charge in [-0.3, -0.25) is 4.79 Å². The van der Waals surface area contributed by atoms with Crippen molar-refractivity contribution in [3.63, 3.8) is 0 Å². The van der Waals surface area contributed by atoms with Gasteiger partial charge < -0.3 is 5.32 Å². The summed E-state index contributed by atoms with van der Waals surface area (Å²) >= 11 is 2.12. The maximum Gasteiger partial charge on any atom is 0.221 e. The molecule has 2 N–H and O–H groups in total. The Morgan fingerprint density at radius 1 is 1.35 bits per heavy atom. The number of fused-ring (bicyclic) bond motifs is 2. The van der Waals surface area contributed by atoms with E-state index < -0.39 is 0 Å². The molecule has 108 valence electrons. The quantitative estimate of drug-likeness (QED) is 0.870. The smallest absolute Gasteiger partial charge is 0.221 e. The van der Waals surface area contributed by atoms with E-state index in [2.05, 4.69) is 37.7 Å². The Hall–Kier alpha value is -1.11. The summed E-state index contributed by atoms with van der Waals surface area (Å²) < 4.78 is 0. The third kappa shape index (κ3) is 2.32. The first-order chi connectivity index (χ1) is 9.73. The zero-order valence-electron chi connectivity index (χ0n) is 11.3. The number of nitrogens with zero attached hydrogens (tertiary/aromatic N) is 3. The Kier molecular flexibility index (Phi) is 2.98. The molecular weight excluding hydrogens is 274 g/mol. The molecule has 7 heteroatoms. The Morgan fingerprint density at radius 3 is 2.70 bits per heavy atom. The standard InChI is InChI=1S/C13H19N5OS/c19-11(7-13(3-4-13)12-15-17-18-16-12)14-8-5-9-1-2-10(6-8)20-9/h8-10H,1-7H2,(H,14,19)(H,15,16,17,18). The third-order valence-corrected chi connectivity index (χ3v) is 6.45. The van der Waals surface area contributed by atoms with Gasteiger partial charge in [0, 0.05) is 28.4 Å². The molecule has 6 nitrogen and oxygen atoms in total. The van der Waals surface area contributed by atoms with Crippen LogP contribution in [0.3, 0.4) is 0 Å². The summed E-state index contributed by atoms with van der Waals surface area (Å²) in [6, 6.07) is 0.377. The molecule has 20 heavy (non-hydrogen) atoms. The van der Waals surface area contributed by atoms with Gasteiger partial charge in [-0.1, -0.05) is 5.21 Å². The van der Waals surface area contributed by atoms with Crippen molar-refractivity contribution in [2.45, 2.75) is 66.9 Å². The van der Waals surface area contributed by atoms with Crippen LogP contribution >= 0.6 is 11.8 Å². The van der Waals surface area contributed by atoms with Gasteiger partial charge in [0.2, 0.25) is 5.91 Å². The van der Waals surface area contributed by atoms with E-state index in [0.29, 0.717) is 18.3 Å². The molecule has 3 aliphatic rings. The number of rotatable bonds is 4. The molecule has 4 rings (SSSR count). The van der Waals surface area contributed by atoms with Crippen LogP contribution in [0.4, 0.5) is 0 Å². The largest absolute Gasteiger partial charge is 0.353 e. The number of amides is 1. The fourth-order valence-corrected chi connectivity index (χ4v) is 5.35. The maximum atomic E-state index is 12.3. The van der Waals surface area contributed by atoms with Crippen LogP contribution in [0, 0.1) is 0 Å². The third-order valence-electron chi connectivity index (χ3n) is 4.83. The number of tetrazole rings is 1. The highest BCUT2D eigenvalue weighted by Gasteiger charge is 2.49. The summed E-state index contributed by atoms with van der Waals surface area (Å²) in [5, 5.41) is 19.0. The molecule has 2 unspecified atom stereocenters. The molecule has 2 bridgehead atoms. The molecule has 1 aromatic heterocycles. The van der Waals surface area contributed by atoms with E-state index in [9.17, 15) is 4.79 Å². The number of aromatic nitrogens is 4. The van der Waals surface area contributed by atoms with Crippen LogP contribution in [0.25, 0.3) is 0 Å².